The molecule has 5 N–H and O–H groups in total. The van der Waals surface area contributed by atoms with Gasteiger partial charge in [0.2, 0.25) is 0 Å². The lowest BCUT2D eigenvalue weighted by Gasteiger charge is -2.30. The number of nitrogens with one attached hydrogen (secondary N) is 4. The fraction of sp³-hybridized carbons (Fsp3) is 0.333. The molecular formula is C27H33N5O3. The molecule has 35 heavy (non-hydrogen) atoms. The third-order valence-corrected chi connectivity index (χ3v) is 6.56. The minimum atomic E-state index is -0.550. The number of hydrogen-bond acceptors (Lipinski definition) is 4. The minimum absolute atomic E-state index is 0.140. The Bertz CT molecular complexity index is 1200. The molecule has 1 aromatic heterocycles. The van der Waals surface area contributed by atoms with Crippen LogP contribution >= 0.6 is 0 Å². The summed E-state index contributed by atoms with van der Waals surface area (Å²) in [5.74, 6) is -0.550. The van der Waals surface area contributed by atoms with Crippen LogP contribution in [0.1, 0.15) is 41.6 Å². The summed E-state index contributed by atoms with van der Waals surface area (Å²) in [7, 11) is 0. The van der Waals surface area contributed by atoms with E-state index in [1.54, 1.807) is 11.6 Å². The van der Waals surface area contributed by atoms with Crippen LogP contribution < -0.4 is 16.1 Å². The number of para-hydroxylation sites is 1. The molecule has 2 aromatic carbocycles. The third kappa shape index (κ3) is 6.09. The number of rotatable bonds is 10. The average molecular weight is 476 g/mol. The predicted octanol–water partition coefficient (Wildman–Crippen LogP) is 3.54. The second kappa shape index (κ2) is 11.7. The summed E-state index contributed by atoms with van der Waals surface area (Å²) in [6.07, 6.45) is 7.99. The van der Waals surface area contributed by atoms with Crippen LogP contribution in [-0.2, 0) is 17.6 Å². The Morgan fingerprint density at radius 2 is 2.03 bits per heavy atom. The largest absolute Gasteiger partial charge is 0.361 e. The quantitative estimate of drug-likeness (QED) is 0.176. The number of carbonyl (C=O) groups excluding carboxylic acids is 2. The van der Waals surface area contributed by atoms with Gasteiger partial charge in [0.1, 0.15) is 0 Å². The molecule has 8 heteroatoms. The van der Waals surface area contributed by atoms with E-state index in [1.165, 1.54) is 28.2 Å². The van der Waals surface area contributed by atoms with Crippen molar-refractivity contribution in [2.24, 2.45) is 0 Å². The van der Waals surface area contributed by atoms with Crippen molar-refractivity contribution >= 4 is 28.9 Å². The zero-order valence-corrected chi connectivity index (χ0v) is 20.0. The van der Waals surface area contributed by atoms with Crippen LogP contribution in [0.15, 0.2) is 54.7 Å². The van der Waals surface area contributed by atoms with Crippen LogP contribution in [0.25, 0.3) is 17.0 Å². The van der Waals surface area contributed by atoms with Crippen molar-refractivity contribution < 1.29 is 14.8 Å². The van der Waals surface area contributed by atoms with Crippen LogP contribution in [0.2, 0.25) is 0 Å². The fourth-order valence-corrected chi connectivity index (χ4v) is 4.87. The third-order valence-electron chi connectivity index (χ3n) is 6.56. The maximum Gasteiger partial charge on any atom is 0.314 e. The molecule has 0 saturated heterocycles. The SMILES string of the molecule is CCNC(=O)NCCN(CCc1c[nH]c2ccccc12)C1CCc2cc(C=CC(=O)NO)ccc21. The molecule has 1 unspecified atom stereocenters. The molecule has 1 aliphatic rings. The maximum atomic E-state index is 11.9. The molecule has 1 heterocycles. The van der Waals surface area contributed by atoms with Crippen molar-refractivity contribution in [3.63, 3.8) is 0 Å². The molecule has 0 bridgehead atoms. The van der Waals surface area contributed by atoms with E-state index in [4.69, 9.17) is 5.21 Å². The Labute approximate surface area is 205 Å². The number of aromatic amines is 1. The summed E-state index contributed by atoms with van der Waals surface area (Å²) in [4.78, 5) is 29.1. The molecule has 0 aliphatic heterocycles. The first-order chi connectivity index (χ1) is 17.1. The van der Waals surface area contributed by atoms with E-state index in [2.05, 4.69) is 57.0 Å². The highest BCUT2D eigenvalue weighted by atomic mass is 16.5. The van der Waals surface area contributed by atoms with Gasteiger partial charge in [0.25, 0.3) is 5.91 Å². The highest BCUT2D eigenvalue weighted by Gasteiger charge is 2.28. The second-order valence-electron chi connectivity index (χ2n) is 8.75. The molecular weight excluding hydrogens is 442 g/mol. The van der Waals surface area contributed by atoms with E-state index in [0.717, 1.165) is 43.4 Å². The molecule has 0 fully saturated rings. The highest BCUT2D eigenvalue weighted by Crippen LogP contribution is 2.36. The van der Waals surface area contributed by atoms with E-state index in [9.17, 15) is 9.59 Å². The van der Waals surface area contributed by atoms with Gasteiger partial charge >= 0.3 is 6.03 Å². The number of amides is 3. The van der Waals surface area contributed by atoms with Crippen molar-refractivity contribution in [3.05, 3.63) is 77.0 Å². The van der Waals surface area contributed by atoms with Crippen molar-refractivity contribution in [3.8, 4) is 0 Å². The van der Waals surface area contributed by atoms with Gasteiger partial charge in [0, 0.05) is 55.4 Å². The summed E-state index contributed by atoms with van der Waals surface area (Å²) in [5.41, 5.74) is 7.55. The van der Waals surface area contributed by atoms with Gasteiger partial charge < -0.3 is 15.6 Å². The van der Waals surface area contributed by atoms with Crippen LogP contribution in [0.4, 0.5) is 4.79 Å². The maximum absolute atomic E-state index is 11.9. The number of H-pyrrole nitrogens is 1. The Balaban J connectivity index is 1.49. The molecule has 0 spiro atoms. The number of aryl methyl sites for hydroxylation is 1. The zero-order chi connectivity index (χ0) is 24.6. The number of hydroxylamine groups is 1. The normalized spacial score (nSPS) is 15.0. The Morgan fingerprint density at radius 3 is 2.86 bits per heavy atom. The number of urea groups is 1. The van der Waals surface area contributed by atoms with Crippen LogP contribution in [0.5, 0.6) is 0 Å². The van der Waals surface area contributed by atoms with E-state index in [0.29, 0.717) is 13.1 Å². The van der Waals surface area contributed by atoms with E-state index in [1.807, 2.05) is 19.1 Å². The smallest absolute Gasteiger partial charge is 0.314 e. The minimum Gasteiger partial charge on any atom is -0.361 e. The number of benzene rings is 2. The molecule has 0 saturated carbocycles. The van der Waals surface area contributed by atoms with Crippen molar-refractivity contribution in [2.75, 3.05) is 26.2 Å². The molecule has 3 aromatic rings. The second-order valence-corrected chi connectivity index (χ2v) is 8.75. The highest BCUT2D eigenvalue weighted by molar-refractivity contribution is 5.90. The lowest BCUT2D eigenvalue weighted by molar-refractivity contribution is -0.124. The molecule has 1 aliphatic carbocycles. The molecule has 184 valence electrons. The van der Waals surface area contributed by atoms with Gasteiger partial charge in [0.15, 0.2) is 0 Å². The molecule has 0 radical (unpaired) electrons. The zero-order valence-electron chi connectivity index (χ0n) is 20.0. The van der Waals surface area contributed by atoms with Crippen molar-refractivity contribution in [1.82, 2.24) is 26.0 Å². The lowest BCUT2D eigenvalue weighted by atomic mass is 10.0. The van der Waals surface area contributed by atoms with Gasteiger partial charge in [-0.05, 0) is 60.6 Å². The Kier molecular flexibility index (Phi) is 8.18. The van der Waals surface area contributed by atoms with Gasteiger partial charge in [0.05, 0.1) is 0 Å². The van der Waals surface area contributed by atoms with E-state index >= 15 is 0 Å². The van der Waals surface area contributed by atoms with Gasteiger partial charge in [-0.3, -0.25) is 14.9 Å². The van der Waals surface area contributed by atoms with Gasteiger partial charge in [-0.2, -0.15) is 0 Å². The average Bonchev–Trinajstić information content (AvgIpc) is 3.48. The first kappa shape index (κ1) is 24.5. The monoisotopic (exact) mass is 475 g/mol. The standard InChI is InChI=1S/C27H33N5O3/c1-2-28-27(34)29-14-16-32(15-13-21-18-30-24-6-4-3-5-22(21)24)25-11-9-20-17-19(7-10-23(20)25)8-12-26(33)31-35/h3-8,10,12,17-18,25,30,35H,2,9,11,13-16H2,1H3,(H,31,33)(H2,28,29,34). The van der Waals surface area contributed by atoms with Gasteiger partial charge in [-0.1, -0.05) is 36.4 Å². The summed E-state index contributed by atoms with van der Waals surface area (Å²) in [5, 5.41) is 15.7. The van der Waals surface area contributed by atoms with Crippen LogP contribution in [-0.4, -0.2) is 53.2 Å². The first-order valence-corrected chi connectivity index (χ1v) is 12.1. The Hall–Kier alpha value is -3.62. The summed E-state index contributed by atoms with van der Waals surface area (Å²) in [6.45, 7) is 4.71. The number of hydrogen-bond donors (Lipinski definition) is 5. The molecule has 8 nitrogen and oxygen atoms in total. The summed E-state index contributed by atoms with van der Waals surface area (Å²) < 4.78 is 0. The number of carbonyl (C=O) groups is 2. The van der Waals surface area contributed by atoms with Crippen LogP contribution in [0, 0.1) is 0 Å². The van der Waals surface area contributed by atoms with E-state index in [-0.39, 0.29) is 12.1 Å². The molecule has 1 atom stereocenters. The first-order valence-electron chi connectivity index (χ1n) is 12.1. The summed E-state index contributed by atoms with van der Waals surface area (Å²) >= 11 is 0. The van der Waals surface area contributed by atoms with Gasteiger partial charge in [-0.25, -0.2) is 10.3 Å². The number of nitrogens with zero attached hydrogens (tertiary/aromatic N) is 1. The van der Waals surface area contributed by atoms with E-state index < -0.39 is 5.91 Å². The molecule has 4 rings (SSSR count). The van der Waals surface area contributed by atoms with Crippen molar-refractivity contribution in [2.45, 2.75) is 32.2 Å². The lowest BCUT2D eigenvalue weighted by Crippen LogP contribution is -2.41. The van der Waals surface area contributed by atoms with Gasteiger partial charge in [-0.15, -0.1) is 0 Å². The number of fused-ring (bicyclic) bond motifs is 2. The summed E-state index contributed by atoms with van der Waals surface area (Å²) in [6, 6.07) is 14.7. The Morgan fingerprint density at radius 1 is 1.17 bits per heavy atom. The molecule has 3 amide bonds. The van der Waals surface area contributed by atoms with Crippen molar-refractivity contribution in [1.29, 1.82) is 0 Å². The fourth-order valence-electron chi connectivity index (χ4n) is 4.87. The number of aromatic nitrogens is 1. The topological polar surface area (TPSA) is 109 Å². The van der Waals surface area contributed by atoms with Crippen LogP contribution in [0.3, 0.4) is 0 Å². The predicted molar refractivity (Wildman–Crippen MR) is 137 cm³/mol.